The number of Topliss-reactive ketones (excluding diaryl/α,β-unsaturated/α-hetero) is 1. The summed E-state index contributed by atoms with van der Waals surface area (Å²) < 4.78 is 5.44. The zero-order chi connectivity index (χ0) is 22.1. The number of amides is 1. The molecule has 5 nitrogen and oxygen atoms in total. The predicted octanol–water partition coefficient (Wildman–Crippen LogP) is 5.28. The van der Waals surface area contributed by atoms with E-state index in [2.05, 4.69) is 0 Å². The molecule has 1 aliphatic rings. The Morgan fingerprint density at radius 1 is 1.00 bits per heavy atom. The van der Waals surface area contributed by atoms with Crippen molar-refractivity contribution < 1.29 is 19.4 Å². The molecule has 0 aromatic heterocycles. The van der Waals surface area contributed by atoms with E-state index in [0.29, 0.717) is 27.6 Å². The molecule has 1 atom stereocenters. The van der Waals surface area contributed by atoms with Crippen LogP contribution in [-0.2, 0) is 9.59 Å². The smallest absolute Gasteiger partial charge is 0.300 e. The Labute approximate surface area is 185 Å². The third-order valence-electron chi connectivity index (χ3n) is 5.25. The van der Waals surface area contributed by atoms with Crippen molar-refractivity contribution in [2.24, 2.45) is 0 Å². The van der Waals surface area contributed by atoms with Crippen LogP contribution < -0.4 is 9.64 Å². The van der Waals surface area contributed by atoms with Gasteiger partial charge in [-0.05, 0) is 36.8 Å². The van der Waals surface area contributed by atoms with Crippen LogP contribution in [0.25, 0.3) is 5.76 Å². The summed E-state index contributed by atoms with van der Waals surface area (Å²) in [7, 11) is 1.50. The summed E-state index contributed by atoms with van der Waals surface area (Å²) in [4.78, 5) is 27.8. The second-order valence-corrected chi connectivity index (χ2v) is 7.70. The highest BCUT2D eigenvalue weighted by Crippen LogP contribution is 2.45. The molecule has 0 spiro atoms. The van der Waals surface area contributed by atoms with Gasteiger partial charge in [0.1, 0.15) is 11.5 Å². The lowest BCUT2D eigenvalue weighted by Gasteiger charge is -2.27. The Kier molecular flexibility index (Phi) is 5.53. The van der Waals surface area contributed by atoms with Crippen molar-refractivity contribution in [1.29, 1.82) is 0 Å². The fourth-order valence-electron chi connectivity index (χ4n) is 3.86. The molecule has 0 bridgehead atoms. The first-order valence-corrected chi connectivity index (χ1v) is 10.1. The average molecular weight is 434 g/mol. The van der Waals surface area contributed by atoms with Crippen LogP contribution in [0.15, 0.2) is 78.4 Å². The number of methoxy groups -OCH3 is 1. The summed E-state index contributed by atoms with van der Waals surface area (Å²) in [6, 6.07) is 20.2. The molecular formula is C25H20ClNO4. The Morgan fingerprint density at radius 3 is 2.45 bits per heavy atom. The fraction of sp³-hybridized carbons (Fsp3) is 0.120. The van der Waals surface area contributed by atoms with Crippen molar-refractivity contribution >= 4 is 34.7 Å². The molecule has 4 rings (SSSR count). The van der Waals surface area contributed by atoms with E-state index in [-0.39, 0.29) is 11.3 Å². The summed E-state index contributed by atoms with van der Waals surface area (Å²) in [5, 5.41) is 11.5. The largest absolute Gasteiger partial charge is 0.507 e. The molecule has 0 radical (unpaired) electrons. The first-order valence-electron chi connectivity index (χ1n) is 9.69. The number of rotatable bonds is 4. The highest BCUT2D eigenvalue weighted by Gasteiger charge is 2.47. The predicted molar refractivity (Wildman–Crippen MR) is 120 cm³/mol. The van der Waals surface area contributed by atoms with Crippen LogP contribution in [-0.4, -0.2) is 23.9 Å². The number of para-hydroxylation sites is 2. The summed E-state index contributed by atoms with van der Waals surface area (Å²) in [5.41, 5.74) is 2.48. The van der Waals surface area contributed by atoms with Gasteiger partial charge in [0, 0.05) is 10.6 Å². The topological polar surface area (TPSA) is 66.8 Å². The molecule has 1 amide bonds. The molecule has 3 aromatic carbocycles. The molecule has 1 saturated heterocycles. The van der Waals surface area contributed by atoms with Gasteiger partial charge in [0.15, 0.2) is 0 Å². The number of aryl methyl sites for hydroxylation is 1. The average Bonchev–Trinajstić information content (AvgIpc) is 3.03. The van der Waals surface area contributed by atoms with Crippen LogP contribution in [0.5, 0.6) is 5.75 Å². The lowest BCUT2D eigenvalue weighted by atomic mass is 9.94. The van der Waals surface area contributed by atoms with Crippen molar-refractivity contribution in [2.45, 2.75) is 13.0 Å². The van der Waals surface area contributed by atoms with Crippen molar-refractivity contribution in [1.82, 2.24) is 0 Å². The number of carbonyl (C=O) groups is 2. The van der Waals surface area contributed by atoms with Crippen LogP contribution in [0.3, 0.4) is 0 Å². The SMILES string of the molecule is COc1ccccc1N1C(=O)C(=O)/C(=C(\O)c2cccc(Cl)c2)C1c1cccc(C)c1. The van der Waals surface area contributed by atoms with Crippen LogP contribution in [0, 0.1) is 6.92 Å². The van der Waals surface area contributed by atoms with Gasteiger partial charge in [0.2, 0.25) is 0 Å². The van der Waals surface area contributed by atoms with E-state index in [1.165, 1.54) is 12.0 Å². The van der Waals surface area contributed by atoms with Gasteiger partial charge in [-0.3, -0.25) is 14.5 Å². The number of benzene rings is 3. The Hall–Kier alpha value is -3.57. The number of carbonyl (C=O) groups excluding carboxylic acids is 2. The van der Waals surface area contributed by atoms with E-state index < -0.39 is 17.7 Å². The van der Waals surface area contributed by atoms with E-state index >= 15 is 0 Å². The first-order chi connectivity index (χ1) is 14.9. The number of ketones is 1. The molecule has 156 valence electrons. The van der Waals surface area contributed by atoms with Crippen molar-refractivity contribution in [3.63, 3.8) is 0 Å². The number of hydrogen-bond acceptors (Lipinski definition) is 4. The van der Waals surface area contributed by atoms with Gasteiger partial charge < -0.3 is 9.84 Å². The molecule has 1 N–H and O–H groups in total. The molecular weight excluding hydrogens is 414 g/mol. The zero-order valence-electron chi connectivity index (χ0n) is 17.0. The third-order valence-corrected chi connectivity index (χ3v) is 5.48. The lowest BCUT2D eigenvalue weighted by Crippen LogP contribution is -2.29. The molecule has 1 fully saturated rings. The number of halogens is 1. The maximum Gasteiger partial charge on any atom is 0.300 e. The van der Waals surface area contributed by atoms with Gasteiger partial charge in [-0.2, -0.15) is 0 Å². The second kappa shape index (κ2) is 8.28. The van der Waals surface area contributed by atoms with Crippen molar-refractivity contribution in [3.05, 3.63) is 100 Å². The maximum absolute atomic E-state index is 13.2. The molecule has 1 aliphatic heterocycles. The molecule has 1 heterocycles. The van der Waals surface area contributed by atoms with E-state index in [4.69, 9.17) is 16.3 Å². The Bertz CT molecular complexity index is 1220. The molecule has 0 saturated carbocycles. The maximum atomic E-state index is 13.2. The standard InChI is InChI=1S/C25H20ClNO4/c1-15-7-5-8-16(13-15)22-21(23(28)17-9-6-10-18(26)14-17)24(29)25(30)27(22)19-11-3-4-12-20(19)31-2/h3-14,22,28H,1-2H3/b23-21-. The van der Waals surface area contributed by atoms with Crippen LogP contribution in [0.2, 0.25) is 5.02 Å². The Morgan fingerprint density at radius 2 is 1.74 bits per heavy atom. The second-order valence-electron chi connectivity index (χ2n) is 7.27. The molecule has 3 aromatic rings. The van der Waals surface area contributed by atoms with Gasteiger partial charge in [0.05, 0.1) is 24.4 Å². The minimum absolute atomic E-state index is 0.00349. The Balaban J connectivity index is 1.99. The molecule has 1 unspecified atom stereocenters. The quantitative estimate of drug-likeness (QED) is 0.345. The first kappa shape index (κ1) is 20.7. The molecule has 31 heavy (non-hydrogen) atoms. The van der Waals surface area contributed by atoms with E-state index in [0.717, 1.165) is 5.56 Å². The highest BCUT2D eigenvalue weighted by molar-refractivity contribution is 6.52. The van der Waals surface area contributed by atoms with Crippen LogP contribution in [0.1, 0.15) is 22.7 Å². The van der Waals surface area contributed by atoms with E-state index in [1.54, 1.807) is 48.5 Å². The lowest BCUT2D eigenvalue weighted by molar-refractivity contribution is -0.132. The minimum Gasteiger partial charge on any atom is -0.507 e. The summed E-state index contributed by atoms with van der Waals surface area (Å²) in [6.07, 6.45) is 0. The number of hydrogen-bond donors (Lipinski definition) is 1. The zero-order valence-corrected chi connectivity index (χ0v) is 17.8. The van der Waals surface area contributed by atoms with Gasteiger partial charge in [0.25, 0.3) is 11.7 Å². The molecule has 6 heteroatoms. The number of anilines is 1. The normalized spacial score (nSPS) is 17.8. The van der Waals surface area contributed by atoms with Crippen molar-refractivity contribution in [3.8, 4) is 5.75 Å². The van der Waals surface area contributed by atoms with Crippen LogP contribution in [0.4, 0.5) is 5.69 Å². The van der Waals surface area contributed by atoms with Gasteiger partial charge >= 0.3 is 0 Å². The highest BCUT2D eigenvalue weighted by atomic mass is 35.5. The summed E-state index contributed by atoms with van der Waals surface area (Å²) in [5.74, 6) is -1.33. The van der Waals surface area contributed by atoms with Crippen molar-refractivity contribution in [2.75, 3.05) is 12.0 Å². The minimum atomic E-state index is -0.824. The number of aliphatic hydroxyl groups is 1. The van der Waals surface area contributed by atoms with Crippen LogP contribution >= 0.6 is 11.6 Å². The van der Waals surface area contributed by atoms with Gasteiger partial charge in [-0.25, -0.2) is 0 Å². The fourth-order valence-corrected chi connectivity index (χ4v) is 4.05. The van der Waals surface area contributed by atoms with Gasteiger partial charge in [-0.1, -0.05) is 65.7 Å². The van der Waals surface area contributed by atoms with E-state index in [1.807, 2.05) is 31.2 Å². The van der Waals surface area contributed by atoms with E-state index in [9.17, 15) is 14.7 Å². The number of aliphatic hydroxyl groups excluding tert-OH is 1. The summed E-state index contributed by atoms with van der Waals surface area (Å²) in [6.45, 7) is 1.93. The molecule has 0 aliphatic carbocycles. The number of ether oxygens (including phenoxy) is 1. The summed E-state index contributed by atoms with van der Waals surface area (Å²) >= 11 is 6.09. The monoisotopic (exact) mass is 433 g/mol. The van der Waals surface area contributed by atoms with Gasteiger partial charge in [-0.15, -0.1) is 0 Å². The number of nitrogens with zero attached hydrogens (tertiary/aromatic N) is 1. The third kappa shape index (κ3) is 3.68.